The number of nitrogens with one attached hydrogen (secondary N) is 1. The van der Waals surface area contributed by atoms with E-state index in [9.17, 15) is 8.42 Å². The van der Waals surface area contributed by atoms with E-state index in [4.69, 9.17) is 16.8 Å². The average Bonchev–Trinajstić information content (AvgIpc) is 2.79. The second-order valence-corrected chi connectivity index (χ2v) is 8.74. The van der Waals surface area contributed by atoms with Gasteiger partial charge in [0.2, 0.25) is 0 Å². The van der Waals surface area contributed by atoms with Gasteiger partial charge in [-0.3, -0.25) is 4.72 Å². The van der Waals surface area contributed by atoms with Crippen molar-refractivity contribution in [3.05, 3.63) is 44.7 Å². The molecule has 0 saturated heterocycles. The number of anilines is 1. The molecule has 9 heteroatoms. The lowest BCUT2D eigenvalue weighted by atomic mass is 10.1. The van der Waals surface area contributed by atoms with Crippen molar-refractivity contribution in [2.45, 2.75) is 11.1 Å². The van der Waals surface area contributed by atoms with Crippen LogP contribution in [-0.4, -0.2) is 19.3 Å². The smallest absolute Gasteiger partial charge is 0.271 e. The number of halogens is 2. The van der Waals surface area contributed by atoms with E-state index in [0.29, 0.717) is 25.8 Å². The zero-order valence-corrected chi connectivity index (χ0v) is 14.6. The number of rotatable bonds is 4. The Balaban J connectivity index is 2.25. The first-order chi connectivity index (χ1) is 9.83. The second kappa shape index (κ2) is 6.35. The molecule has 0 aliphatic rings. The molecule has 2 N–H and O–H groups in total. The highest BCUT2D eigenvalue weighted by Crippen LogP contribution is 2.35. The fraction of sp³-hybridized carbons (Fsp3) is 0.0833. The van der Waals surface area contributed by atoms with Crippen LogP contribution in [0.5, 0.6) is 0 Å². The summed E-state index contributed by atoms with van der Waals surface area (Å²) in [6.45, 7) is 1.64. The van der Waals surface area contributed by atoms with Gasteiger partial charge in [0.05, 0.1) is 14.5 Å². The summed E-state index contributed by atoms with van der Waals surface area (Å²) in [5.41, 5.74) is 1.55. The lowest BCUT2D eigenvalue weighted by Gasteiger charge is -2.07. The molecular formula is C12H10BrClN2O3S2. The summed E-state index contributed by atoms with van der Waals surface area (Å²) in [6, 6.07) is 7.88. The fourth-order valence-electron chi connectivity index (χ4n) is 1.50. The Morgan fingerprint density at radius 1 is 1.38 bits per heavy atom. The Kier molecular flexibility index (Phi) is 4.92. The van der Waals surface area contributed by atoms with Crippen LogP contribution in [0, 0.1) is 0 Å². The first-order valence-corrected chi connectivity index (χ1v) is 9.07. The molecule has 1 aromatic heterocycles. The zero-order valence-electron chi connectivity index (χ0n) is 10.7. The van der Waals surface area contributed by atoms with Gasteiger partial charge in [-0.2, -0.15) is 0 Å². The molecule has 0 fully saturated rings. The Labute approximate surface area is 139 Å². The lowest BCUT2D eigenvalue weighted by Crippen LogP contribution is -2.11. The maximum Gasteiger partial charge on any atom is 0.271 e. The minimum Gasteiger partial charge on any atom is -0.411 e. The van der Waals surface area contributed by atoms with Crippen LogP contribution < -0.4 is 4.72 Å². The highest BCUT2D eigenvalue weighted by Gasteiger charge is 2.19. The summed E-state index contributed by atoms with van der Waals surface area (Å²) in [4.78, 5) is 0. The SMILES string of the molecule is C/C(=N/O)c1ccc(NS(=O)(=O)c2cc(Cl)c(Br)s2)cc1. The summed E-state index contributed by atoms with van der Waals surface area (Å²) >= 11 is 10.1. The molecular weight excluding hydrogens is 400 g/mol. The minimum atomic E-state index is -3.68. The van der Waals surface area contributed by atoms with Gasteiger partial charge >= 0.3 is 0 Å². The normalized spacial score (nSPS) is 12.4. The molecule has 0 saturated carbocycles. The van der Waals surface area contributed by atoms with Crippen molar-refractivity contribution in [1.82, 2.24) is 0 Å². The zero-order chi connectivity index (χ0) is 15.6. The van der Waals surface area contributed by atoms with E-state index < -0.39 is 10.0 Å². The third-order valence-electron chi connectivity index (χ3n) is 2.59. The summed E-state index contributed by atoms with van der Waals surface area (Å²) in [7, 11) is -3.68. The van der Waals surface area contributed by atoms with Crippen molar-refractivity contribution >= 4 is 60.3 Å². The second-order valence-electron chi connectivity index (χ2n) is 4.06. The molecule has 112 valence electrons. The van der Waals surface area contributed by atoms with E-state index in [1.165, 1.54) is 6.07 Å². The maximum absolute atomic E-state index is 12.2. The van der Waals surface area contributed by atoms with Crippen molar-refractivity contribution in [3.8, 4) is 0 Å². The van der Waals surface area contributed by atoms with Crippen molar-refractivity contribution < 1.29 is 13.6 Å². The van der Waals surface area contributed by atoms with Crippen LogP contribution in [0.3, 0.4) is 0 Å². The van der Waals surface area contributed by atoms with E-state index in [-0.39, 0.29) is 4.21 Å². The number of nitrogens with zero attached hydrogens (tertiary/aromatic N) is 1. The Morgan fingerprint density at radius 3 is 2.48 bits per heavy atom. The Morgan fingerprint density at radius 2 is 2.00 bits per heavy atom. The molecule has 1 heterocycles. The monoisotopic (exact) mass is 408 g/mol. The van der Waals surface area contributed by atoms with Crippen molar-refractivity contribution in [2.75, 3.05) is 4.72 Å². The molecule has 5 nitrogen and oxygen atoms in total. The molecule has 2 rings (SSSR count). The predicted octanol–water partition coefficient (Wildman–Crippen LogP) is 4.16. The van der Waals surface area contributed by atoms with Gasteiger partial charge in [-0.05, 0) is 46.6 Å². The van der Waals surface area contributed by atoms with E-state index in [1.54, 1.807) is 31.2 Å². The highest BCUT2D eigenvalue weighted by atomic mass is 79.9. The van der Waals surface area contributed by atoms with E-state index in [2.05, 4.69) is 25.8 Å². The van der Waals surface area contributed by atoms with Gasteiger partial charge in [-0.25, -0.2) is 8.42 Å². The molecule has 2 aromatic rings. The van der Waals surface area contributed by atoms with Crippen LogP contribution >= 0.6 is 38.9 Å². The van der Waals surface area contributed by atoms with Crippen LogP contribution in [0.4, 0.5) is 5.69 Å². The van der Waals surface area contributed by atoms with Crippen molar-refractivity contribution in [2.24, 2.45) is 5.16 Å². The Hall–Kier alpha value is -1.09. The van der Waals surface area contributed by atoms with Gasteiger partial charge in [0.15, 0.2) is 0 Å². The molecule has 0 atom stereocenters. The third-order valence-corrected chi connectivity index (χ3v) is 6.92. The third kappa shape index (κ3) is 3.76. The molecule has 0 spiro atoms. The molecule has 0 aliphatic carbocycles. The van der Waals surface area contributed by atoms with Gasteiger partial charge in [0, 0.05) is 5.69 Å². The van der Waals surface area contributed by atoms with Crippen LogP contribution in [-0.2, 0) is 10.0 Å². The largest absolute Gasteiger partial charge is 0.411 e. The summed E-state index contributed by atoms with van der Waals surface area (Å²) in [6.07, 6.45) is 0. The van der Waals surface area contributed by atoms with Gasteiger partial charge < -0.3 is 5.21 Å². The van der Waals surface area contributed by atoms with Crippen LogP contribution in [0.15, 0.2) is 43.5 Å². The Bertz CT molecular complexity index is 766. The molecule has 0 radical (unpaired) electrons. The average molecular weight is 410 g/mol. The number of benzene rings is 1. The first kappa shape index (κ1) is 16.3. The van der Waals surface area contributed by atoms with E-state index in [1.807, 2.05) is 0 Å². The van der Waals surface area contributed by atoms with Crippen LogP contribution in [0.25, 0.3) is 0 Å². The highest BCUT2D eigenvalue weighted by molar-refractivity contribution is 9.11. The quantitative estimate of drug-likeness (QED) is 0.452. The van der Waals surface area contributed by atoms with Crippen molar-refractivity contribution in [3.63, 3.8) is 0 Å². The molecule has 0 bridgehead atoms. The number of thiophene rings is 1. The molecule has 21 heavy (non-hydrogen) atoms. The summed E-state index contributed by atoms with van der Waals surface area (Å²) in [5, 5.41) is 12.1. The number of hydrogen-bond donors (Lipinski definition) is 2. The lowest BCUT2D eigenvalue weighted by molar-refractivity contribution is 0.319. The molecule has 0 amide bonds. The minimum absolute atomic E-state index is 0.122. The first-order valence-electron chi connectivity index (χ1n) is 5.60. The number of oxime groups is 1. The maximum atomic E-state index is 12.2. The van der Waals surface area contributed by atoms with E-state index >= 15 is 0 Å². The predicted molar refractivity (Wildman–Crippen MR) is 88.3 cm³/mol. The van der Waals surface area contributed by atoms with Crippen LogP contribution in [0.2, 0.25) is 5.02 Å². The van der Waals surface area contributed by atoms with Gasteiger partial charge in [-0.15, -0.1) is 11.3 Å². The van der Waals surface area contributed by atoms with Gasteiger partial charge in [0.1, 0.15) is 4.21 Å². The number of hydrogen-bond acceptors (Lipinski definition) is 5. The van der Waals surface area contributed by atoms with Gasteiger partial charge in [-0.1, -0.05) is 28.9 Å². The molecule has 1 aromatic carbocycles. The van der Waals surface area contributed by atoms with Gasteiger partial charge in [0.25, 0.3) is 10.0 Å². The molecule has 0 unspecified atom stereocenters. The fourth-order valence-corrected chi connectivity index (χ4v) is 4.96. The topological polar surface area (TPSA) is 78.8 Å². The summed E-state index contributed by atoms with van der Waals surface area (Å²) in [5.74, 6) is 0. The van der Waals surface area contributed by atoms with Crippen molar-refractivity contribution in [1.29, 1.82) is 0 Å². The molecule has 0 aliphatic heterocycles. The van der Waals surface area contributed by atoms with E-state index in [0.717, 1.165) is 11.3 Å². The van der Waals surface area contributed by atoms with Crippen LogP contribution in [0.1, 0.15) is 12.5 Å². The number of sulfonamides is 1. The summed E-state index contributed by atoms with van der Waals surface area (Å²) < 4.78 is 27.5. The standard InChI is InChI=1S/C12H10BrClN2O3S2/c1-7(15-17)8-2-4-9(5-3-8)16-21(18,19)11-6-10(14)12(13)20-11/h2-6,16-17H,1H3/b15-7-.